The molecule has 0 unspecified atom stereocenters. The largest absolute Gasteiger partial charge is 0.224 e. The maximum Gasteiger partial charge on any atom is 0.181 e. The molecule has 0 saturated carbocycles. The number of sulfone groups is 1. The summed E-state index contributed by atoms with van der Waals surface area (Å²) in [6, 6.07) is 3.32. The Bertz CT molecular complexity index is 700. The lowest BCUT2D eigenvalue weighted by atomic mass is 10.1. The predicted octanol–water partition coefficient (Wildman–Crippen LogP) is 3.18. The van der Waals surface area contributed by atoms with Crippen LogP contribution in [0.2, 0.25) is 15.1 Å². The predicted molar refractivity (Wildman–Crippen MR) is 68.6 cm³/mol. The zero-order valence-corrected chi connectivity index (χ0v) is 12.0. The molecule has 0 N–H and O–H groups in total. The van der Waals surface area contributed by atoms with Gasteiger partial charge in [-0.25, -0.2) is 8.42 Å². The summed E-state index contributed by atoms with van der Waals surface area (Å²) in [5.41, 5.74) is -0.570. The summed E-state index contributed by atoms with van der Waals surface area (Å²) in [6.07, 6.45) is 0. The Balaban J connectivity index is 4.00. The van der Waals surface area contributed by atoms with Gasteiger partial charge in [0.25, 0.3) is 0 Å². The normalized spacial score (nSPS) is 10.8. The van der Waals surface area contributed by atoms with E-state index in [0.29, 0.717) is 0 Å². The van der Waals surface area contributed by atoms with Gasteiger partial charge in [-0.2, -0.15) is 10.5 Å². The van der Waals surface area contributed by atoms with Gasteiger partial charge in [0.1, 0.15) is 17.0 Å². The van der Waals surface area contributed by atoms with Crippen LogP contribution in [0.3, 0.4) is 0 Å². The summed E-state index contributed by atoms with van der Waals surface area (Å²) >= 11 is 17.4. The first-order valence-electron chi connectivity index (χ1n) is 4.55. The minimum atomic E-state index is -3.77. The van der Waals surface area contributed by atoms with Gasteiger partial charge in [0.05, 0.1) is 31.9 Å². The lowest BCUT2D eigenvalue weighted by Crippen LogP contribution is -2.09. The van der Waals surface area contributed by atoms with E-state index in [9.17, 15) is 8.42 Å². The number of rotatable bonds is 2. The summed E-state index contributed by atoms with van der Waals surface area (Å²) in [7, 11) is -3.77. The summed E-state index contributed by atoms with van der Waals surface area (Å²) in [5.74, 6) is -0.264. The molecule has 94 valence electrons. The van der Waals surface area contributed by atoms with Crippen LogP contribution in [0.5, 0.6) is 0 Å². The van der Waals surface area contributed by atoms with Crippen LogP contribution in [0, 0.1) is 22.7 Å². The summed E-state index contributed by atoms with van der Waals surface area (Å²) in [4.78, 5) is -0.428. The van der Waals surface area contributed by atoms with E-state index in [1.165, 1.54) is 6.92 Å². The molecule has 1 aromatic carbocycles. The van der Waals surface area contributed by atoms with Crippen molar-refractivity contribution in [1.82, 2.24) is 0 Å². The number of halogens is 3. The average Bonchev–Trinajstić information content (AvgIpc) is 2.33. The van der Waals surface area contributed by atoms with Gasteiger partial charge in [-0.1, -0.05) is 41.7 Å². The van der Waals surface area contributed by atoms with E-state index in [1.807, 2.05) is 0 Å². The van der Waals surface area contributed by atoms with Crippen molar-refractivity contribution >= 4 is 44.6 Å². The highest BCUT2D eigenvalue weighted by molar-refractivity contribution is 7.91. The van der Waals surface area contributed by atoms with Crippen LogP contribution in [0.4, 0.5) is 0 Å². The summed E-state index contributed by atoms with van der Waals surface area (Å²) < 4.78 is 23.7. The third-order valence-electron chi connectivity index (χ3n) is 2.19. The smallest absolute Gasteiger partial charge is 0.181 e. The molecule has 0 aromatic heterocycles. The molecule has 0 aliphatic carbocycles. The van der Waals surface area contributed by atoms with E-state index in [0.717, 1.165) is 0 Å². The number of hydrogen-bond donors (Lipinski definition) is 0. The molecule has 18 heavy (non-hydrogen) atoms. The van der Waals surface area contributed by atoms with Crippen LogP contribution >= 0.6 is 34.8 Å². The van der Waals surface area contributed by atoms with Crippen LogP contribution in [-0.2, 0) is 9.84 Å². The van der Waals surface area contributed by atoms with E-state index < -0.39 is 14.7 Å². The molecule has 0 amide bonds. The highest BCUT2D eigenvalue weighted by Gasteiger charge is 2.28. The molecule has 0 bridgehead atoms. The first-order valence-corrected chi connectivity index (χ1v) is 7.33. The van der Waals surface area contributed by atoms with Crippen molar-refractivity contribution in [3.8, 4) is 12.1 Å². The van der Waals surface area contributed by atoms with Gasteiger partial charge in [0.15, 0.2) is 9.84 Å². The van der Waals surface area contributed by atoms with Gasteiger partial charge in [-0.05, 0) is 0 Å². The van der Waals surface area contributed by atoms with Crippen molar-refractivity contribution < 1.29 is 8.42 Å². The quantitative estimate of drug-likeness (QED) is 0.783. The molecular formula is C10H5Cl3N2O2S. The second kappa shape index (κ2) is 5.34. The molecule has 0 radical (unpaired) electrons. The van der Waals surface area contributed by atoms with Crippen molar-refractivity contribution in [2.24, 2.45) is 0 Å². The number of nitrogens with zero attached hydrogens (tertiary/aromatic N) is 2. The van der Waals surface area contributed by atoms with E-state index in [1.54, 1.807) is 12.1 Å². The second-order valence-corrected chi connectivity index (χ2v) is 6.50. The van der Waals surface area contributed by atoms with Gasteiger partial charge in [0.2, 0.25) is 0 Å². The van der Waals surface area contributed by atoms with Gasteiger partial charge in [-0.15, -0.1) is 0 Å². The highest BCUT2D eigenvalue weighted by Crippen LogP contribution is 2.40. The fourth-order valence-electron chi connectivity index (χ4n) is 1.27. The van der Waals surface area contributed by atoms with Crippen molar-refractivity contribution in [1.29, 1.82) is 10.5 Å². The standard InChI is InChI=1S/C10H5Cl3N2O2S/c1-2-18(16,17)10-6(4-15)7(11)5(3-14)8(12)9(10)13/h2H2,1H3. The van der Waals surface area contributed by atoms with Crippen LogP contribution in [0.15, 0.2) is 4.90 Å². The van der Waals surface area contributed by atoms with E-state index in [2.05, 4.69) is 0 Å². The molecule has 8 heteroatoms. The molecule has 0 atom stereocenters. The zero-order chi connectivity index (χ0) is 14.1. The average molecular weight is 324 g/mol. The van der Waals surface area contributed by atoms with E-state index in [4.69, 9.17) is 45.3 Å². The molecule has 0 aliphatic rings. The minimum Gasteiger partial charge on any atom is -0.224 e. The Morgan fingerprint density at radius 2 is 1.50 bits per heavy atom. The maximum absolute atomic E-state index is 11.9. The lowest BCUT2D eigenvalue weighted by molar-refractivity contribution is 0.597. The molecule has 0 spiro atoms. The summed E-state index contributed by atoms with van der Waals surface area (Å²) in [5, 5.41) is 16.9. The molecule has 0 heterocycles. The fourth-order valence-corrected chi connectivity index (χ4v) is 3.60. The van der Waals surface area contributed by atoms with Crippen LogP contribution in [0.25, 0.3) is 0 Å². The lowest BCUT2D eigenvalue weighted by Gasteiger charge is -2.11. The van der Waals surface area contributed by atoms with Crippen molar-refractivity contribution in [2.75, 3.05) is 5.75 Å². The van der Waals surface area contributed by atoms with E-state index >= 15 is 0 Å². The third kappa shape index (κ3) is 2.28. The number of nitriles is 2. The SMILES string of the molecule is CCS(=O)(=O)c1c(Cl)c(Cl)c(C#N)c(Cl)c1C#N. The zero-order valence-electron chi connectivity index (χ0n) is 8.96. The Morgan fingerprint density at radius 1 is 1.00 bits per heavy atom. The van der Waals surface area contributed by atoms with Crippen molar-refractivity contribution in [2.45, 2.75) is 11.8 Å². The first kappa shape index (κ1) is 15.1. The van der Waals surface area contributed by atoms with Crippen LogP contribution in [0.1, 0.15) is 18.1 Å². The molecule has 0 fully saturated rings. The molecule has 1 aromatic rings. The number of hydrogen-bond acceptors (Lipinski definition) is 4. The van der Waals surface area contributed by atoms with E-state index in [-0.39, 0.29) is 31.9 Å². The Labute approximate surface area is 119 Å². The Hall–Kier alpha value is -0.980. The fraction of sp³-hybridized carbons (Fsp3) is 0.200. The van der Waals surface area contributed by atoms with Gasteiger partial charge < -0.3 is 0 Å². The highest BCUT2D eigenvalue weighted by atomic mass is 35.5. The molecule has 0 saturated heterocycles. The number of benzene rings is 1. The Morgan fingerprint density at radius 3 is 1.89 bits per heavy atom. The monoisotopic (exact) mass is 322 g/mol. The molecule has 4 nitrogen and oxygen atoms in total. The van der Waals surface area contributed by atoms with Crippen LogP contribution < -0.4 is 0 Å². The Kier molecular flexibility index (Phi) is 4.47. The molecule has 1 rings (SSSR count). The van der Waals surface area contributed by atoms with Gasteiger partial charge >= 0.3 is 0 Å². The first-order chi connectivity index (χ1) is 8.31. The van der Waals surface area contributed by atoms with Gasteiger partial charge in [0, 0.05) is 0 Å². The third-order valence-corrected chi connectivity index (χ3v) is 5.33. The molecular weight excluding hydrogens is 319 g/mol. The van der Waals surface area contributed by atoms with Crippen LogP contribution in [-0.4, -0.2) is 14.2 Å². The maximum atomic E-state index is 11.9. The molecule has 0 aliphatic heterocycles. The van der Waals surface area contributed by atoms with Gasteiger partial charge in [-0.3, -0.25) is 0 Å². The second-order valence-electron chi connectivity index (χ2n) is 3.15. The minimum absolute atomic E-state index is 0.213. The van der Waals surface area contributed by atoms with Crippen molar-refractivity contribution in [3.05, 3.63) is 26.2 Å². The summed E-state index contributed by atoms with van der Waals surface area (Å²) in [6.45, 7) is 1.40. The van der Waals surface area contributed by atoms with Crippen molar-refractivity contribution in [3.63, 3.8) is 0 Å². The topological polar surface area (TPSA) is 81.7 Å².